The van der Waals surface area contributed by atoms with Crippen molar-refractivity contribution in [3.05, 3.63) is 24.8 Å². The van der Waals surface area contributed by atoms with Gasteiger partial charge in [0.2, 0.25) is 5.60 Å². The molecule has 130 valence electrons. The quantitative estimate of drug-likeness (QED) is 0.323. The van der Waals surface area contributed by atoms with Gasteiger partial charge in [-0.25, -0.2) is 4.79 Å². The van der Waals surface area contributed by atoms with Crippen LogP contribution in [0.1, 0.15) is 17.3 Å². The second-order valence-electron chi connectivity index (χ2n) is 4.63. The van der Waals surface area contributed by atoms with Crippen LogP contribution in [0.5, 0.6) is 5.75 Å². The summed E-state index contributed by atoms with van der Waals surface area (Å²) in [4.78, 5) is 12.0. The lowest BCUT2D eigenvalue weighted by Crippen LogP contribution is -2.51. The predicted octanol–water partition coefficient (Wildman–Crippen LogP) is 2.97. The van der Waals surface area contributed by atoms with Crippen molar-refractivity contribution in [2.75, 3.05) is 5.75 Å². The van der Waals surface area contributed by atoms with E-state index in [1.807, 2.05) is 0 Å². The molecule has 0 bridgehead atoms. The van der Waals surface area contributed by atoms with Gasteiger partial charge >= 0.3 is 12.1 Å². The zero-order valence-electron chi connectivity index (χ0n) is 11.2. The molecule has 0 fully saturated rings. The molecule has 0 radical (unpaired) electrons. The molecule has 23 heavy (non-hydrogen) atoms. The zero-order valence-corrected chi connectivity index (χ0v) is 16.3. The number of alkyl halides is 3. The van der Waals surface area contributed by atoms with E-state index >= 15 is 0 Å². The van der Waals surface area contributed by atoms with E-state index in [-0.39, 0.29) is 3.57 Å². The minimum Gasteiger partial charge on any atom is -0.506 e. The Kier molecular flexibility index (Phi) is 6.18. The molecule has 0 heterocycles. The number of hydrogen-bond donors (Lipinski definition) is 2. The second-order valence-corrected chi connectivity index (χ2v) is 8.49. The largest absolute Gasteiger partial charge is 0.506 e. The van der Waals surface area contributed by atoms with Crippen LogP contribution in [0.4, 0.5) is 13.2 Å². The number of esters is 1. The molecule has 0 aliphatic heterocycles. The summed E-state index contributed by atoms with van der Waals surface area (Å²) in [5, 5.41) is 9.76. The van der Waals surface area contributed by atoms with Crippen LogP contribution < -0.4 is 0 Å². The number of phenols is 1. The van der Waals surface area contributed by atoms with E-state index in [0.29, 0.717) is 10.5 Å². The van der Waals surface area contributed by atoms with Crippen LogP contribution in [-0.4, -0.2) is 41.6 Å². The van der Waals surface area contributed by atoms with E-state index in [4.69, 9.17) is 4.55 Å². The molecule has 1 atom stereocenters. The van der Waals surface area contributed by atoms with Crippen molar-refractivity contribution in [1.29, 1.82) is 0 Å². The molecule has 6 nitrogen and oxygen atoms in total. The average molecular weight is 580 g/mol. The predicted molar refractivity (Wildman–Crippen MR) is 89.8 cm³/mol. The van der Waals surface area contributed by atoms with Crippen molar-refractivity contribution in [2.24, 2.45) is 0 Å². The van der Waals surface area contributed by atoms with Gasteiger partial charge in [-0.1, -0.05) is 0 Å². The van der Waals surface area contributed by atoms with Gasteiger partial charge in [0.15, 0.2) is 0 Å². The normalized spacial score (nSPS) is 15.1. The summed E-state index contributed by atoms with van der Waals surface area (Å²) in [5.74, 6) is -4.02. The Balaban J connectivity index is 3.28. The van der Waals surface area contributed by atoms with Crippen LogP contribution >= 0.6 is 45.2 Å². The average Bonchev–Trinajstić information content (AvgIpc) is 2.29. The van der Waals surface area contributed by atoms with E-state index in [2.05, 4.69) is 4.74 Å². The number of phenolic OH excluding ortho intramolecular Hbond substituents is 1. The molecule has 0 spiro atoms. The Morgan fingerprint density at radius 3 is 2.26 bits per heavy atom. The molecule has 2 N–H and O–H groups in total. The standard InChI is InChI=1S/C11H9F3I2O6S/c1-10(11(12,13)14,4-23(19,20)21)22-9(18)6-2-5(15)3-7(16)8(6)17/h2-3,17H,4H2,1H3,(H,19,20,21). The van der Waals surface area contributed by atoms with Gasteiger partial charge in [0.1, 0.15) is 17.1 Å². The minimum atomic E-state index is -5.26. The van der Waals surface area contributed by atoms with Crippen molar-refractivity contribution < 1.29 is 40.8 Å². The van der Waals surface area contributed by atoms with E-state index < -0.39 is 44.9 Å². The maximum Gasteiger partial charge on any atom is 0.429 e. The van der Waals surface area contributed by atoms with E-state index in [1.165, 1.54) is 6.07 Å². The first-order valence-corrected chi connectivity index (χ1v) is 9.36. The summed E-state index contributed by atoms with van der Waals surface area (Å²) in [6.45, 7) is 0.314. The molecule has 1 unspecified atom stereocenters. The Morgan fingerprint density at radius 2 is 1.83 bits per heavy atom. The van der Waals surface area contributed by atoms with E-state index in [9.17, 15) is 31.5 Å². The molecule has 12 heteroatoms. The van der Waals surface area contributed by atoms with Crippen LogP contribution in [0.15, 0.2) is 12.1 Å². The number of halogens is 5. The summed E-state index contributed by atoms with van der Waals surface area (Å²) >= 11 is 3.44. The summed E-state index contributed by atoms with van der Waals surface area (Å²) in [7, 11) is -5.08. The van der Waals surface area contributed by atoms with E-state index in [1.54, 1.807) is 45.2 Å². The maximum absolute atomic E-state index is 13.1. The molecule has 1 aromatic carbocycles. The molecule has 0 saturated carbocycles. The lowest BCUT2D eigenvalue weighted by molar-refractivity contribution is -0.243. The fraction of sp³-hybridized carbons (Fsp3) is 0.364. The van der Waals surface area contributed by atoms with E-state index in [0.717, 1.165) is 6.07 Å². The third-order valence-corrected chi connectivity index (χ3v) is 4.98. The highest BCUT2D eigenvalue weighted by Crippen LogP contribution is 2.36. The Bertz CT molecular complexity index is 734. The summed E-state index contributed by atoms with van der Waals surface area (Å²) < 4.78 is 74.4. The smallest absolute Gasteiger partial charge is 0.429 e. The fourth-order valence-electron chi connectivity index (χ4n) is 1.50. The lowest BCUT2D eigenvalue weighted by atomic mass is 10.1. The van der Waals surface area contributed by atoms with Gasteiger partial charge in [-0.3, -0.25) is 4.55 Å². The second kappa shape index (κ2) is 6.87. The van der Waals surface area contributed by atoms with Crippen LogP contribution in [-0.2, 0) is 14.9 Å². The number of ether oxygens (including phenoxy) is 1. The van der Waals surface area contributed by atoms with Crippen LogP contribution in [0.2, 0.25) is 0 Å². The van der Waals surface area contributed by atoms with Crippen molar-refractivity contribution in [2.45, 2.75) is 18.7 Å². The van der Waals surface area contributed by atoms with Gasteiger partial charge in [0.05, 0.1) is 3.57 Å². The van der Waals surface area contributed by atoms with Gasteiger partial charge < -0.3 is 9.84 Å². The van der Waals surface area contributed by atoms with Gasteiger partial charge in [-0.15, -0.1) is 0 Å². The highest BCUT2D eigenvalue weighted by atomic mass is 127. The number of rotatable bonds is 4. The van der Waals surface area contributed by atoms with Gasteiger partial charge in [-0.05, 0) is 64.2 Å². The summed E-state index contributed by atoms with van der Waals surface area (Å²) in [6.07, 6.45) is -5.26. The topological polar surface area (TPSA) is 101 Å². The van der Waals surface area contributed by atoms with Crippen LogP contribution in [0.25, 0.3) is 0 Å². The molecule has 0 aliphatic rings. The number of hydrogen-bond acceptors (Lipinski definition) is 5. The summed E-state index contributed by atoms with van der Waals surface area (Å²) in [5.41, 5.74) is -4.02. The molecular weight excluding hydrogens is 571 g/mol. The lowest BCUT2D eigenvalue weighted by Gasteiger charge is -2.30. The van der Waals surface area contributed by atoms with Crippen LogP contribution in [0.3, 0.4) is 0 Å². The monoisotopic (exact) mass is 580 g/mol. The van der Waals surface area contributed by atoms with Crippen LogP contribution in [0, 0.1) is 7.14 Å². The molecule has 1 rings (SSSR count). The highest BCUT2D eigenvalue weighted by molar-refractivity contribution is 14.1. The maximum atomic E-state index is 13.1. The number of carbonyl (C=O) groups is 1. The highest BCUT2D eigenvalue weighted by Gasteiger charge is 2.57. The van der Waals surface area contributed by atoms with Crippen molar-refractivity contribution >= 4 is 61.3 Å². The third kappa shape index (κ3) is 5.32. The molecule has 0 aromatic heterocycles. The van der Waals surface area contributed by atoms with Gasteiger partial charge in [0.25, 0.3) is 10.1 Å². The Morgan fingerprint density at radius 1 is 1.30 bits per heavy atom. The fourth-order valence-corrected chi connectivity index (χ4v) is 4.26. The Hall–Kier alpha value is -0.350. The van der Waals surface area contributed by atoms with Gasteiger partial charge in [-0.2, -0.15) is 21.6 Å². The number of benzene rings is 1. The molecule has 0 amide bonds. The van der Waals surface area contributed by atoms with Crippen molar-refractivity contribution in [3.8, 4) is 5.75 Å². The first-order valence-electron chi connectivity index (χ1n) is 5.59. The molecule has 0 aliphatic carbocycles. The zero-order chi connectivity index (χ0) is 18.2. The number of carbonyl (C=O) groups excluding carboxylic acids is 1. The minimum absolute atomic E-state index is 0.199. The van der Waals surface area contributed by atoms with Crippen molar-refractivity contribution in [3.63, 3.8) is 0 Å². The molecule has 0 saturated heterocycles. The third-order valence-electron chi connectivity index (χ3n) is 2.62. The number of aromatic hydroxyl groups is 1. The molecular formula is C11H9F3I2O6S. The first kappa shape index (κ1) is 20.7. The summed E-state index contributed by atoms with van der Waals surface area (Å²) in [6, 6.07) is 2.55. The SMILES string of the molecule is CC(CS(=O)(=O)O)(OC(=O)c1cc(I)cc(I)c1O)C(F)(F)F. The van der Waals surface area contributed by atoms with Gasteiger partial charge in [0, 0.05) is 3.57 Å². The van der Waals surface area contributed by atoms with Crippen molar-refractivity contribution in [1.82, 2.24) is 0 Å². The first-order chi connectivity index (χ1) is 10.2. The Labute approximate surface area is 156 Å². The molecule has 1 aromatic rings.